The number of ether oxygens (including phenoxy) is 2. The number of aliphatic hydroxyl groups is 1. The summed E-state index contributed by atoms with van der Waals surface area (Å²) in [7, 11) is 0. The van der Waals surface area contributed by atoms with Crippen molar-refractivity contribution < 1.29 is 14.6 Å². The first-order chi connectivity index (χ1) is 12.3. The highest BCUT2D eigenvalue weighted by Gasteiger charge is 2.22. The lowest BCUT2D eigenvalue weighted by Crippen LogP contribution is -2.40. The molecule has 1 aliphatic heterocycles. The molecule has 0 aliphatic carbocycles. The topological polar surface area (TPSA) is 41.9 Å². The Morgan fingerprint density at radius 2 is 1.52 bits per heavy atom. The van der Waals surface area contributed by atoms with E-state index in [1.807, 2.05) is 24.3 Å². The molecule has 4 heteroatoms. The Bertz CT molecular complexity index is 605. The Labute approximate surface area is 150 Å². The van der Waals surface area contributed by atoms with Crippen LogP contribution in [0.5, 0.6) is 0 Å². The number of rotatable bonds is 4. The summed E-state index contributed by atoms with van der Waals surface area (Å²) < 4.78 is 11.7. The van der Waals surface area contributed by atoms with Crippen molar-refractivity contribution in [3.05, 3.63) is 71.8 Å². The van der Waals surface area contributed by atoms with Crippen molar-refractivity contribution in [2.24, 2.45) is 0 Å². The Kier molecular flexibility index (Phi) is 7.00. The van der Waals surface area contributed by atoms with Crippen molar-refractivity contribution in [1.29, 1.82) is 0 Å². The zero-order chi connectivity index (χ0) is 17.3. The smallest absolute Gasteiger partial charge is 0.104 e. The molecular weight excluding hydrogens is 314 g/mol. The number of benzene rings is 2. The second-order valence-corrected chi connectivity index (χ2v) is 6.50. The molecule has 2 atom stereocenters. The molecule has 1 heterocycles. The van der Waals surface area contributed by atoms with Gasteiger partial charge in [-0.3, -0.25) is 4.90 Å². The molecule has 0 bridgehead atoms. The molecule has 2 aromatic carbocycles. The fourth-order valence-corrected chi connectivity index (χ4v) is 3.10. The van der Waals surface area contributed by atoms with Gasteiger partial charge in [0.1, 0.15) is 6.10 Å². The van der Waals surface area contributed by atoms with E-state index in [2.05, 4.69) is 41.3 Å². The Hall–Kier alpha value is -1.72. The second kappa shape index (κ2) is 9.68. The third kappa shape index (κ3) is 5.94. The predicted octanol–water partition coefficient (Wildman–Crippen LogP) is 2.51. The van der Waals surface area contributed by atoms with Crippen LogP contribution in [0, 0.1) is 0 Å². The zero-order valence-corrected chi connectivity index (χ0v) is 14.6. The number of hydrogen-bond donors (Lipinski definition) is 1. The number of aliphatic hydroxyl groups excluding tert-OH is 1. The third-order valence-corrected chi connectivity index (χ3v) is 4.54. The minimum atomic E-state index is -0.596. The first-order valence-corrected chi connectivity index (χ1v) is 8.99. The number of hydrogen-bond acceptors (Lipinski definition) is 4. The maximum absolute atomic E-state index is 10.4. The lowest BCUT2D eigenvalue weighted by atomic mass is 10.0. The van der Waals surface area contributed by atoms with E-state index in [4.69, 9.17) is 9.47 Å². The molecule has 1 aliphatic rings. The highest BCUT2D eigenvalue weighted by atomic mass is 16.5. The van der Waals surface area contributed by atoms with Gasteiger partial charge in [-0.2, -0.15) is 0 Å². The van der Waals surface area contributed by atoms with Crippen LogP contribution in [0.15, 0.2) is 60.7 Å². The van der Waals surface area contributed by atoms with Crippen LogP contribution < -0.4 is 0 Å². The van der Waals surface area contributed by atoms with Crippen molar-refractivity contribution in [2.75, 3.05) is 32.9 Å². The molecule has 0 spiro atoms. The molecule has 134 valence electrons. The quantitative estimate of drug-likeness (QED) is 0.928. The van der Waals surface area contributed by atoms with E-state index in [1.165, 1.54) is 11.1 Å². The fourth-order valence-electron chi connectivity index (χ4n) is 3.10. The maximum atomic E-state index is 10.4. The largest absolute Gasteiger partial charge is 0.388 e. The van der Waals surface area contributed by atoms with E-state index in [1.54, 1.807) is 0 Å². The molecule has 3 rings (SSSR count). The number of nitrogens with zero attached hydrogens (tertiary/aromatic N) is 1. The van der Waals surface area contributed by atoms with Gasteiger partial charge in [0.15, 0.2) is 0 Å². The normalized spacial score (nSPS) is 23.2. The van der Waals surface area contributed by atoms with Crippen molar-refractivity contribution in [3.8, 4) is 0 Å². The van der Waals surface area contributed by atoms with E-state index < -0.39 is 6.10 Å². The molecule has 25 heavy (non-hydrogen) atoms. The standard InChI is InChI=1S/C21H27NO3/c23-20-17-24-13-11-22(16-19-9-5-2-6-10-19)12-14-25-21(20)15-18-7-3-1-4-8-18/h1-10,20-21,23H,11-17H2. The van der Waals surface area contributed by atoms with Crippen LogP contribution >= 0.6 is 0 Å². The summed E-state index contributed by atoms with van der Waals surface area (Å²) in [6, 6.07) is 20.6. The maximum Gasteiger partial charge on any atom is 0.104 e. The van der Waals surface area contributed by atoms with Crippen LogP contribution in [0.1, 0.15) is 11.1 Å². The van der Waals surface area contributed by atoms with Gasteiger partial charge in [0.2, 0.25) is 0 Å². The van der Waals surface area contributed by atoms with Gasteiger partial charge < -0.3 is 14.6 Å². The second-order valence-electron chi connectivity index (χ2n) is 6.50. The molecule has 1 saturated heterocycles. The van der Waals surface area contributed by atoms with E-state index in [0.717, 1.165) is 19.6 Å². The van der Waals surface area contributed by atoms with Crippen molar-refractivity contribution >= 4 is 0 Å². The molecule has 1 fully saturated rings. The van der Waals surface area contributed by atoms with Crippen LogP contribution in [-0.4, -0.2) is 55.1 Å². The summed E-state index contributed by atoms with van der Waals surface area (Å²) in [5, 5.41) is 10.4. The van der Waals surface area contributed by atoms with Crippen molar-refractivity contribution in [2.45, 2.75) is 25.2 Å². The lowest BCUT2D eigenvalue weighted by molar-refractivity contribution is -0.0865. The van der Waals surface area contributed by atoms with Gasteiger partial charge in [0.05, 0.1) is 25.9 Å². The molecule has 0 radical (unpaired) electrons. The summed E-state index contributed by atoms with van der Waals surface area (Å²) in [4.78, 5) is 2.34. The van der Waals surface area contributed by atoms with Crippen LogP contribution in [0.3, 0.4) is 0 Å². The SMILES string of the molecule is OC1COCCN(Cc2ccccc2)CCOC1Cc1ccccc1. The van der Waals surface area contributed by atoms with Gasteiger partial charge in [-0.1, -0.05) is 60.7 Å². The van der Waals surface area contributed by atoms with Gasteiger partial charge in [0.25, 0.3) is 0 Å². The van der Waals surface area contributed by atoms with Gasteiger partial charge in [-0.25, -0.2) is 0 Å². The minimum Gasteiger partial charge on any atom is -0.388 e. The van der Waals surface area contributed by atoms with Crippen LogP contribution in [0.25, 0.3) is 0 Å². The molecule has 2 aromatic rings. The summed E-state index contributed by atoms with van der Waals surface area (Å²) in [6.45, 7) is 4.12. The molecule has 4 nitrogen and oxygen atoms in total. The molecule has 0 aromatic heterocycles. The van der Waals surface area contributed by atoms with Crippen molar-refractivity contribution in [1.82, 2.24) is 4.90 Å². The first-order valence-electron chi connectivity index (χ1n) is 8.99. The van der Waals surface area contributed by atoms with E-state index in [0.29, 0.717) is 26.2 Å². The fraction of sp³-hybridized carbons (Fsp3) is 0.429. The van der Waals surface area contributed by atoms with Crippen molar-refractivity contribution in [3.63, 3.8) is 0 Å². The average molecular weight is 341 g/mol. The Morgan fingerprint density at radius 3 is 2.24 bits per heavy atom. The Balaban J connectivity index is 1.57. The van der Waals surface area contributed by atoms with Crippen LogP contribution in [-0.2, 0) is 22.4 Å². The monoisotopic (exact) mass is 341 g/mol. The minimum absolute atomic E-state index is 0.237. The third-order valence-electron chi connectivity index (χ3n) is 4.54. The lowest BCUT2D eigenvalue weighted by Gasteiger charge is -2.29. The van der Waals surface area contributed by atoms with Gasteiger partial charge >= 0.3 is 0 Å². The predicted molar refractivity (Wildman–Crippen MR) is 98.4 cm³/mol. The first kappa shape index (κ1) is 18.1. The summed E-state index contributed by atoms with van der Waals surface area (Å²) in [5.74, 6) is 0. The summed E-state index contributed by atoms with van der Waals surface area (Å²) in [5.41, 5.74) is 2.46. The summed E-state index contributed by atoms with van der Waals surface area (Å²) >= 11 is 0. The van der Waals surface area contributed by atoms with Gasteiger partial charge in [-0.15, -0.1) is 0 Å². The highest BCUT2D eigenvalue weighted by molar-refractivity contribution is 5.16. The van der Waals surface area contributed by atoms with E-state index in [-0.39, 0.29) is 6.10 Å². The van der Waals surface area contributed by atoms with Crippen LogP contribution in [0.4, 0.5) is 0 Å². The molecule has 0 saturated carbocycles. The molecule has 0 amide bonds. The summed E-state index contributed by atoms with van der Waals surface area (Å²) in [6.07, 6.45) is -0.135. The van der Waals surface area contributed by atoms with Crippen LogP contribution in [0.2, 0.25) is 0 Å². The average Bonchev–Trinajstić information content (AvgIpc) is 2.65. The van der Waals surface area contributed by atoms with Gasteiger partial charge in [0, 0.05) is 26.1 Å². The molecule has 1 N–H and O–H groups in total. The molecular formula is C21H27NO3. The Morgan fingerprint density at radius 1 is 0.880 bits per heavy atom. The van der Waals surface area contributed by atoms with E-state index in [9.17, 15) is 5.11 Å². The molecule has 2 unspecified atom stereocenters. The highest BCUT2D eigenvalue weighted by Crippen LogP contribution is 2.12. The van der Waals surface area contributed by atoms with Gasteiger partial charge in [-0.05, 0) is 11.1 Å². The zero-order valence-electron chi connectivity index (χ0n) is 14.6. The van der Waals surface area contributed by atoms with E-state index >= 15 is 0 Å².